The quantitative estimate of drug-likeness (QED) is 0.388. The van der Waals surface area contributed by atoms with Crippen molar-refractivity contribution in [3.8, 4) is 0 Å². The second kappa shape index (κ2) is 9.18. The van der Waals surface area contributed by atoms with E-state index in [0.717, 1.165) is 0 Å². The summed E-state index contributed by atoms with van der Waals surface area (Å²) in [6.45, 7) is 0. The Balaban J connectivity index is -0.0000000450. The first-order chi connectivity index (χ1) is 1.73. The van der Waals surface area contributed by atoms with Gasteiger partial charge in [0.05, 0.1) is 0 Å². The van der Waals surface area contributed by atoms with E-state index < -0.39 is 9.17 Å². The van der Waals surface area contributed by atoms with Gasteiger partial charge in [-0.1, -0.05) is 0 Å². The summed E-state index contributed by atoms with van der Waals surface area (Å²) in [6, 6.07) is 0. The van der Waals surface area contributed by atoms with Crippen LogP contribution in [0.1, 0.15) is 0 Å². The van der Waals surface area contributed by atoms with Crippen LogP contribution >= 0.6 is 0 Å². The summed E-state index contributed by atoms with van der Waals surface area (Å²) >= 11 is 0. The molecule has 0 bridgehead atoms. The van der Waals surface area contributed by atoms with Crippen molar-refractivity contribution in [2.45, 2.75) is 0 Å². The molecule has 0 rings (SSSR count). The van der Waals surface area contributed by atoms with Crippen molar-refractivity contribution in [1.82, 2.24) is 0 Å². The van der Waals surface area contributed by atoms with E-state index in [-0.39, 0.29) is 34.4 Å². The van der Waals surface area contributed by atoms with Gasteiger partial charge < -0.3 is 9.59 Å². The Kier molecular flexibility index (Phi) is 24.4. The molecule has 2 N–H and O–H groups in total. The largest absolute Gasteiger partial charge is 0.761 e. The second-order valence-electron chi connectivity index (χ2n) is 0.283. The molecule has 0 aliphatic rings. The van der Waals surface area contributed by atoms with E-state index in [1.54, 1.807) is 0 Å². The Morgan fingerprint density at radius 1 is 1.33 bits per heavy atom. The van der Waals surface area contributed by atoms with Crippen LogP contribution in [-0.2, 0) is 21.5 Å². The van der Waals surface area contributed by atoms with E-state index in [4.69, 9.17) is 14.1 Å². The maximum atomic E-state index is 8.74. The Hall–Kier alpha value is 0.669. The van der Waals surface area contributed by atoms with Crippen LogP contribution in [0, 0.1) is 0 Å². The van der Waals surface area contributed by atoms with Crippen LogP contribution < -0.4 is 0 Å². The van der Waals surface area contributed by atoms with Crippen molar-refractivity contribution in [3.05, 3.63) is 0 Å². The molecule has 0 atom stereocenters. The predicted molar refractivity (Wildman–Crippen MR) is 20.8 cm³/mol. The molecule has 0 spiro atoms. The van der Waals surface area contributed by atoms with Gasteiger partial charge in [-0.2, -0.15) is 0 Å². The molecule has 6 heteroatoms. The molecule has 0 aromatic heterocycles. The molecule has 0 aromatic carbocycles. The fourth-order valence-electron chi connectivity index (χ4n) is 0. The van der Waals surface area contributed by atoms with Gasteiger partial charge in [-0.05, 0) is 0 Å². The van der Waals surface area contributed by atoms with Gasteiger partial charge in [-0.25, -0.2) is 0 Å². The average molecular weight is 172 g/mol. The Morgan fingerprint density at radius 3 is 1.33 bits per heavy atom. The summed E-state index contributed by atoms with van der Waals surface area (Å²) in [4.78, 5) is 14.3. The molecule has 41 valence electrons. The van der Waals surface area contributed by atoms with Gasteiger partial charge in [-0.15, -0.1) is 0 Å². The van der Waals surface area contributed by atoms with Crippen LogP contribution in [0.4, 0.5) is 0 Å². The van der Waals surface area contributed by atoms with Crippen LogP contribution in [0.3, 0.4) is 0 Å². The Bertz CT molecular complexity index is 33.8. The molecule has 0 aromatic rings. The SMILES string of the molecule is O=[Si](O)O.[AlH3].[Cu]. The maximum absolute atomic E-state index is 8.74. The first-order valence-electron chi connectivity index (χ1n) is 0.651. The van der Waals surface area contributed by atoms with Crippen LogP contribution in [0.2, 0.25) is 0 Å². The standard InChI is InChI=1S/Al.Cu.H2O3Si.3H/c;;1-4(2)3;;;/h;;1-2H;;;. The minimum atomic E-state index is -3.13. The van der Waals surface area contributed by atoms with Gasteiger partial charge in [0.25, 0.3) is 0 Å². The molecule has 0 fully saturated rings. The van der Waals surface area contributed by atoms with Gasteiger partial charge in [0, 0.05) is 17.1 Å². The zero-order chi connectivity index (χ0) is 3.58. The third-order valence-electron chi connectivity index (χ3n) is 0. The summed E-state index contributed by atoms with van der Waals surface area (Å²) < 4.78 is 8.74. The minimum Gasteiger partial charge on any atom is -0.511 e. The molecule has 1 radical (unpaired) electrons. The normalized spacial score (nSPS) is 4.00. The maximum Gasteiger partial charge on any atom is 0.761 e. The second-order valence-corrected chi connectivity index (χ2v) is 0.848. The van der Waals surface area contributed by atoms with E-state index in [2.05, 4.69) is 0 Å². The Morgan fingerprint density at radius 2 is 1.33 bits per heavy atom. The van der Waals surface area contributed by atoms with Gasteiger partial charge in [0.2, 0.25) is 0 Å². The van der Waals surface area contributed by atoms with Crippen molar-refractivity contribution in [2.75, 3.05) is 0 Å². The van der Waals surface area contributed by atoms with E-state index >= 15 is 0 Å². The summed E-state index contributed by atoms with van der Waals surface area (Å²) in [6.07, 6.45) is 0. The molecule has 0 aliphatic heterocycles. The van der Waals surface area contributed by atoms with Crippen molar-refractivity contribution in [1.29, 1.82) is 0 Å². The molecule has 6 heavy (non-hydrogen) atoms. The molecule has 0 aliphatic carbocycles. The number of hydrogen-bond donors (Lipinski definition) is 2. The van der Waals surface area contributed by atoms with Crippen LogP contribution in [0.25, 0.3) is 0 Å². The molecule has 0 amide bonds. The van der Waals surface area contributed by atoms with Crippen LogP contribution in [0.5, 0.6) is 0 Å². The van der Waals surface area contributed by atoms with E-state index in [1.165, 1.54) is 0 Å². The van der Waals surface area contributed by atoms with Gasteiger partial charge in [-0.3, -0.25) is 4.46 Å². The fraction of sp³-hybridized carbons (Fsp3) is 0. The van der Waals surface area contributed by atoms with Crippen LogP contribution in [0.15, 0.2) is 0 Å². The van der Waals surface area contributed by atoms with Crippen molar-refractivity contribution >= 4 is 26.5 Å². The van der Waals surface area contributed by atoms with Gasteiger partial charge in [0.15, 0.2) is 17.4 Å². The summed E-state index contributed by atoms with van der Waals surface area (Å²) in [5, 5.41) is 0. The van der Waals surface area contributed by atoms with Gasteiger partial charge in [0.1, 0.15) is 0 Å². The summed E-state index contributed by atoms with van der Waals surface area (Å²) in [7, 11) is -3.13. The number of hydrogen-bond acceptors (Lipinski definition) is 1. The van der Waals surface area contributed by atoms with E-state index in [0.29, 0.717) is 0 Å². The molecule has 0 unspecified atom stereocenters. The topological polar surface area (TPSA) is 57.5 Å². The van der Waals surface area contributed by atoms with E-state index in [1.807, 2.05) is 0 Å². The van der Waals surface area contributed by atoms with Crippen molar-refractivity contribution < 1.29 is 31.1 Å². The fourth-order valence-corrected chi connectivity index (χ4v) is 0. The van der Waals surface area contributed by atoms with Crippen molar-refractivity contribution in [3.63, 3.8) is 0 Å². The van der Waals surface area contributed by atoms with Gasteiger partial charge >= 0.3 is 9.17 Å². The third-order valence-corrected chi connectivity index (χ3v) is 0. The summed E-state index contributed by atoms with van der Waals surface area (Å²) in [5.74, 6) is 0. The molecule has 3 nitrogen and oxygen atoms in total. The third kappa shape index (κ3) is 140. The smallest absolute Gasteiger partial charge is 0.511 e. The van der Waals surface area contributed by atoms with E-state index in [9.17, 15) is 0 Å². The molecule has 0 saturated carbocycles. The molecule has 0 heterocycles. The first-order valence-corrected chi connectivity index (χ1v) is 1.95. The first kappa shape index (κ1) is 15.9. The monoisotopic (exact) mass is 171 g/mol. The average Bonchev–Trinajstić information content (AvgIpc) is 0.811. The molecule has 0 saturated heterocycles. The summed E-state index contributed by atoms with van der Waals surface area (Å²) in [5.41, 5.74) is 0. The van der Waals surface area contributed by atoms with Crippen molar-refractivity contribution in [2.24, 2.45) is 0 Å². The zero-order valence-corrected chi connectivity index (χ0v) is 4.05. The predicted octanol–water partition coefficient (Wildman–Crippen LogP) is -2.80. The molecular formula is H5AlCuO3Si. The van der Waals surface area contributed by atoms with Crippen LogP contribution in [-0.4, -0.2) is 36.1 Å². The minimum absolute atomic E-state index is 0. The molecular weight excluding hydrogens is 167 g/mol. The zero-order valence-electron chi connectivity index (χ0n) is 2.10. The number of rotatable bonds is 0. The Labute approximate surface area is 57.9 Å².